The molecule has 6 heteroatoms. The third-order valence-corrected chi connectivity index (χ3v) is 1.39. The Hall–Kier alpha value is 0.870. The average Bonchev–Trinajstić information content (AvgIpc) is 1.30. The number of hydrogen-bond donors (Lipinski definition) is 1. The fourth-order valence-electron chi connectivity index (χ4n) is 0.258. The minimum absolute atomic E-state index is 0. The van der Waals surface area contributed by atoms with Crippen molar-refractivity contribution < 1.29 is 42.5 Å². The van der Waals surface area contributed by atoms with Crippen LogP contribution in [0.3, 0.4) is 0 Å². The van der Waals surface area contributed by atoms with Crippen LogP contribution in [0.1, 0.15) is 13.3 Å². The van der Waals surface area contributed by atoms with Crippen LogP contribution in [0.4, 0.5) is 0 Å². The van der Waals surface area contributed by atoms with Crippen LogP contribution in [0.2, 0.25) is 0 Å². The Bertz CT molecular complexity index is 132. The summed E-state index contributed by atoms with van der Waals surface area (Å²) in [4.78, 5) is 0. The molecule has 9 heavy (non-hydrogen) atoms. The summed E-state index contributed by atoms with van der Waals surface area (Å²) in [5, 5.41) is 0. The van der Waals surface area contributed by atoms with Gasteiger partial charge in [0.25, 0.3) is 10.1 Å². The molecule has 0 saturated carbocycles. The molecule has 0 aliphatic carbocycles. The van der Waals surface area contributed by atoms with E-state index in [0.29, 0.717) is 6.42 Å². The monoisotopic (exact) mass is 163 g/mol. The van der Waals surface area contributed by atoms with Crippen molar-refractivity contribution in [3.05, 3.63) is 6.15 Å². The SMILES string of the molecule is CCCS(=O)(=O)O.[NH2-].[Na+]. The maximum atomic E-state index is 9.79. The average molecular weight is 163 g/mol. The third-order valence-electron chi connectivity index (χ3n) is 0.462. The predicted molar refractivity (Wildman–Crippen MR) is 32.0 cm³/mol. The molecule has 0 aromatic rings. The molecule has 0 aliphatic heterocycles. The van der Waals surface area contributed by atoms with Crippen LogP contribution >= 0.6 is 0 Å². The van der Waals surface area contributed by atoms with Crippen molar-refractivity contribution in [2.24, 2.45) is 0 Å². The van der Waals surface area contributed by atoms with Crippen LogP contribution < -0.4 is 29.6 Å². The summed E-state index contributed by atoms with van der Waals surface area (Å²) in [6.07, 6.45) is 0.471. The molecule has 3 N–H and O–H groups in total. The Morgan fingerprint density at radius 3 is 1.78 bits per heavy atom. The minimum Gasteiger partial charge on any atom is -0.693 e. The van der Waals surface area contributed by atoms with Gasteiger partial charge in [-0.05, 0) is 6.42 Å². The second kappa shape index (κ2) is 6.98. The van der Waals surface area contributed by atoms with Crippen LogP contribution in [0.15, 0.2) is 0 Å². The van der Waals surface area contributed by atoms with Gasteiger partial charge in [-0.1, -0.05) is 6.92 Å². The minimum atomic E-state index is -3.67. The molecule has 0 aromatic carbocycles. The van der Waals surface area contributed by atoms with Crippen molar-refractivity contribution in [2.45, 2.75) is 13.3 Å². The largest absolute Gasteiger partial charge is 1.00 e. The van der Waals surface area contributed by atoms with Gasteiger partial charge in [0.05, 0.1) is 5.75 Å². The maximum absolute atomic E-state index is 9.79. The molecule has 0 aliphatic rings. The molecule has 0 fully saturated rings. The Labute approximate surface area is 77.6 Å². The molecule has 0 heterocycles. The van der Waals surface area contributed by atoms with Gasteiger partial charge < -0.3 is 6.15 Å². The van der Waals surface area contributed by atoms with Crippen molar-refractivity contribution in [1.82, 2.24) is 0 Å². The van der Waals surface area contributed by atoms with Gasteiger partial charge in [-0.2, -0.15) is 8.42 Å². The van der Waals surface area contributed by atoms with Crippen molar-refractivity contribution >= 4 is 10.1 Å². The summed E-state index contributed by atoms with van der Waals surface area (Å²) >= 11 is 0. The molecule has 0 radical (unpaired) electrons. The number of hydrogen-bond acceptors (Lipinski definition) is 2. The molecule has 0 unspecified atom stereocenters. The Morgan fingerprint density at radius 2 is 1.78 bits per heavy atom. The number of rotatable bonds is 2. The summed E-state index contributed by atoms with van der Waals surface area (Å²) in [7, 11) is -3.67. The van der Waals surface area contributed by atoms with Crippen LogP contribution in [-0.4, -0.2) is 18.7 Å². The van der Waals surface area contributed by atoms with E-state index in [4.69, 9.17) is 4.55 Å². The van der Waals surface area contributed by atoms with E-state index >= 15 is 0 Å². The van der Waals surface area contributed by atoms with Gasteiger partial charge in [-0.25, -0.2) is 0 Å². The standard InChI is InChI=1S/C3H8O3S.H2N.Na/c1-2-3-7(4,5)6;;/h2-3H2,1H3,(H,4,5,6);1H2;/q;-1;+1. The first kappa shape index (κ1) is 16.5. The predicted octanol–water partition coefficient (Wildman–Crippen LogP) is -1.99. The molecular weight excluding hydrogens is 153 g/mol. The molecule has 0 aromatic heterocycles. The summed E-state index contributed by atoms with van der Waals surface area (Å²) in [6, 6.07) is 0. The van der Waals surface area contributed by atoms with E-state index in [0.717, 1.165) is 0 Å². The van der Waals surface area contributed by atoms with Gasteiger partial charge in [0.2, 0.25) is 0 Å². The maximum Gasteiger partial charge on any atom is 1.00 e. The van der Waals surface area contributed by atoms with Crippen LogP contribution in [0.5, 0.6) is 0 Å². The smallest absolute Gasteiger partial charge is 0.693 e. The van der Waals surface area contributed by atoms with Gasteiger partial charge in [-0.15, -0.1) is 0 Å². The van der Waals surface area contributed by atoms with Crippen molar-refractivity contribution in [3.63, 3.8) is 0 Å². The fourth-order valence-corrected chi connectivity index (χ4v) is 0.774. The van der Waals surface area contributed by atoms with Crippen molar-refractivity contribution in [3.8, 4) is 0 Å². The van der Waals surface area contributed by atoms with Crippen LogP contribution in [0, 0.1) is 0 Å². The topological polar surface area (TPSA) is 87.9 Å². The van der Waals surface area contributed by atoms with E-state index in [1.807, 2.05) is 0 Å². The van der Waals surface area contributed by atoms with Gasteiger partial charge in [0.1, 0.15) is 0 Å². The second-order valence-electron chi connectivity index (χ2n) is 1.29. The zero-order valence-corrected chi connectivity index (χ0v) is 8.48. The summed E-state index contributed by atoms with van der Waals surface area (Å²) in [5.74, 6) is -0.132. The van der Waals surface area contributed by atoms with Crippen molar-refractivity contribution in [2.75, 3.05) is 5.75 Å². The summed E-state index contributed by atoms with van der Waals surface area (Å²) < 4.78 is 27.6. The van der Waals surface area contributed by atoms with Crippen LogP contribution in [0.25, 0.3) is 6.15 Å². The number of nitrogens with two attached hydrogens (primary N) is 1. The zero-order chi connectivity index (χ0) is 5.91. The van der Waals surface area contributed by atoms with E-state index in [9.17, 15) is 8.42 Å². The Morgan fingerprint density at radius 1 is 1.44 bits per heavy atom. The normalized spacial score (nSPS) is 9.11. The summed E-state index contributed by atoms with van der Waals surface area (Å²) in [5.41, 5.74) is 0. The van der Waals surface area contributed by atoms with E-state index in [-0.39, 0.29) is 41.5 Å². The van der Waals surface area contributed by atoms with E-state index < -0.39 is 10.1 Å². The first-order chi connectivity index (χ1) is 3.06. The van der Waals surface area contributed by atoms with Gasteiger partial charge in [0, 0.05) is 0 Å². The van der Waals surface area contributed by atoms with E-state index in [1.165, 1.54) is 0 Å². The van der Waals surface area contributed by atoms with Crippen molar-refractivity contribution in [1.29, 1.82) is 0 Å². The Kier molecular flexibility index (Phi) is 12.8. The first-order valence-corrected chi connectivity index (χ1v) is 3.62. The molecule has 52 valence electrons. The Balaban J connectivity index is -0.000000180. The molecule has 0 rings (SSSR count). The molecule has 4 nitrogen and oxygen atoms in total. The van der Waals surface area contributed by atoms with Gasteiger partial charge >= 0.3 is 29.6 Å². The van der Waals surface area contributed by atoms with E-state index in [2.05, 4.69) is 0 Å². The molecule has 0 spiro atoms. The second-order valence-corrected chi connectivity index (χ2v) is 2.86. The zero-order valence-electron chi connectivity index (χ0n) is 5.66. The molecule has 0 saturated heterocycles. The van der Waals surface area contributed by atoms with Crippen LogP contribution in [-0.2, 0) is 10.1 Å². The third kappa shape index (κ3) is 17.7. The van der Waals surface area contributed by atoms with Gasteiger partial charge in [-0.3, -0.25) is 4.55 Å². The molecule has 0 bridgehead atoms. The molecular formula is C3H10NNaO3S. The quantitative estimate of drug-likeness (QED) is 0.377. The summed E-state index contributed by atoms with van der Waals surface area (Å²) in [6.45, 7) is 1.69. The van der Waals surface area contributed by atoms with Gasteiger partial charge in [0.15, 0.2) is 0 Å². The van der Waals surface area contributed by atoms with E-state index in [1.54, 1.807) is 6.92 Å². The fraction of sp³-hybridized carbons (Fsp3) is 1.00. The molecule has 0 amide bonds. The first-order valence-electron chi connectivity index (χ1n) is 2.01. The molecule has 0 atom stereocenters.